The maximum atomic E-state index is 13.1. The predicted molar refractivity (Wildman–Crippen MR) is 75.2 cm³/mol. The van der Waals surface area contributed by atoms with Crippen molar-refractivity contribution in [3.05, 3.63) is 59.4 Å². The molecule has 104 valence electrons. The zero-order valence-corrected chi connectivity index (χ0v) is 11.0. The second kappa shape index (κ2) is 6.16. The number of amides is 1. The van der Waals surface area contributed by atoms with Gasteiger partial charge in [-0.05, 0) is 42.9 Å². The Balaban J connectivity index is 2.13. The normalized spacial score (nSPS) is 10.3. The SMILES string of the molecule is CNCc1ccc(NC(=O)c2cc(F)ccc2O)cc1. The van der Waals surface area contributed by atoms with Crippen molar-refractivity contribution >= 4 is 11.6 Å². The minimum atomic E-state index is -0.572. The van der Waals surface area contributed by atoms with Crippen LogP contribution in [0.3, 0.4) is 0 Å². The van der Waals surface area contributed by atoms with E-state index < -0.39 is 11.7 Å². The molecular formula is C15H15FN2O2. The number of carbonyl (C=O) groups is 1. The van der Waals surface area contributed by atoms with Gasteiger partial charge in [-0.15, -0.1) is 0 Å². The Bertz CT molecular complexity index is 612. The molecule has 0 radical (unpaired) electrons. The third kappa shape index (κ3) is 3.33. The molecule has 2 rings (SSSR count). The van der Waals surface area contributed by atoms with Gasteiger partial charge < -0.3 is 15.7 Å². The lowest BCUT2D eigenvalue weighted by molar-refractivity contribution is 0.102. The number of rotatable bonds is 4. The Morgan fingerprint density at radius 2 is 1.90 bits per heavy atom. The largest absolute Gasteiger partial charge is 0.507 e. The zero-order chi connectivity index (χ0) is 14.5. The molecule has 0 saturated heterocycles. The number of nitrogens with one attached hydrogen (secondary N) is 2. The Morgan fingerprint density at radius 3 is 2.55 bits per heavy atom. The number of benzene rings is 2. The van der Waals surface area contributed by atoms with Gasteiger partial charge in [0.2, 0.25) is 0 Å². The summed E-state index contributed by atoms with van der Waals surface area (Å²) in [6.07, 6.45) is 0. The molecule has 0 atom stereocenters. The van der Waals surface area contributed by atoms with Crippen LogP contribution in [-0.4, -0.2) is 18.1 Å². The van der Waals surface area contributed by atoms with Crippen LogP contribution < -0.4 is 10.6 Å². The lowest BCUT2D eigenvalue weighted by Gasteiger charge is -2.08. The van der Waals surface area contributed by atoms with Gasteiger partial charge in [0.05, 0.1) is 5.56 Å². The third-order valence-electron chi connectivity index (χ3n) is 2.80. The first-order valence-electron chi connectivity index (χ1n) is 6.13. The fourth-order valence-corrected chi connectivity index (χ4v) is 1.80. The molecule has 0 heterocycles. The summed E-state index contributed by atoms with van der Waals surface area (Å²) in [5.74, 6) is -1.38. The van der Waals surface area contributed by atoms with Crippen molar-refractivity contribution in [1.82, 2.24) is 5.32 Å². The molecule has 0 spiro atoms. The predicted octanol–water partition coefficient (Wildman–Crippen LogP) is 2.50. The molecule has 20 heavy (non-hydrogen) atoms. The van der Waals surface area contributed by atoms with Crippen molar-refractivity contribution in [1.29, 1.82) is 0 Å². The fourth-order valence-electron chi connectivity index (χ4n) is 1.80. The average Bonchev–Trinajstić information content (AvgIpc) is 2.44. The van der Waals surface area contributed by atoms with Gasteiger partial charge >= 0.3 is 0 Å². The molecule has 3 N–H and O–H groups in total. The molecule has 0 saturated carbocycles. The van der Waals surface area contributed by atoms with E-state index in [9.17, 15) is 14.3 Å². The van der Waals surface area contributed by atoms with E-state index in [-0.39, 0.29) is 11.3 Å². The molecule has 0 bridgehead atoms. The highest BCUT2D eigenvalue weighted by Gasteiger charge is 2.12. The van der Waals surface area contributed by atoms with Crippen molar-refractivity contribution in [2.75, 3.05) is 12.4 Å². The van der Waals surface area contributed by atoms with Crippen molar-refractivity contribution in [2.45, 2.75) is 6.54 Å². The summed E-state index contributed by atoms with van der Waals surface area (Å²) in [6, 6.07) is 10.5. The summed E-state index contributed by atoms with van der Waals surface area (Å²) in [4.78, 5) is 11.9. The molecule has 0 aliphatic rings. The van der Waals surface area contributed by atoms with Gasteiger partial charge in [0, 0.05) is 12.2 Å². The van der Waals surface area contributed by atoms with Crippen LogP contribution in [0, 0.1) is 5.82 Å². The summed E-state index contributed by atoms with van der Waals surface area (Å²) < 4.78 is 13.1. The number of carbonyl (C=O) groups excluding carboxylic acids is 1. The van der Waals surface area contributed by atoms with E-state index in [0.29, 0.717) is 5.69 Å². The second-order valence-electron chi connectivity index (χ2n) is 4.34. The lowest BCUT2D eigenvalue weighted by atomic mass is 10.1. The highest BCUT2D eigenvalue weighted by Crippen LogP contribution is 2.19. The Morgan fingerprint density at radius 1 is 1.20 bits per heavy atom. The van der Waals surface area contributed by atoms with Crippen LogP contribution >= 0.6 is 0 Å². The Kier molecular flexibility index (Phi) is 4.32. The summed E-state index contributed by atoms with van der Waals surface area (Å²) in [5, 5.41) is 15.2. The van der Waals surface area contributed by atoms with Crippen molar-refractivity contribution < 1.29 is 14.3 Å². The number of phenols is 1. The van der Waals surface area contributed by atoms with Gasteiger partial charge in [-0.3, -0.25) is 4.79 Å². The van der Waals surface area contributed by atoms with E-state index in [2.05, 4.69) is 10.6 Å². The van der Waals surface area contributed by atoms with Crippen LogP contribution in [0.1, 0.15) is 15.9 Å². The summed E-state index contributed by atoms with van der Waals surface area (Å²) in [7, 11) is 1.85. The summed E-state index contributed by atoms with van der Waals surface area (Å²) in [6.45, 7) is 0.735. The molecule has 0 aromatic heterocycles. The van der Waals surface area contributed by atoms with Gasteiger partial charge in [-0.1, -0.05) is 12.1 Å². The number of halogens is 1. The van der Waals surface area contributed by atoms with E-state index in [0.717, 1.165) is 30.3 Å². The fraction of sp³-hybridized carbons (Fsp3) is 0.133. The highest BCUT2D eigenvalue weighted by atomic mass is 19.1. The van der Waals surface area contributed by atoms with E-state index in [1.165, 1.54) is 0 Å². The van der Waals surface area contributed by atoms with Gasteiger partial charge in [-0.25, -0.2) is 4.39 Å². The van der Waals surface area contributed by atoms with Gasteiger partial charge in [0.15, 0.2) is 0 Å². The molecule has 5 heteroatoms. The summed E-state index contributed by atoms with van der Waals surface area (Å²) in [5.41, 5.74) is 1.57. The van der Waals surface area contributed by atoms with Crippen molar-refractivity contribution in [3.8, 4) is 5.75 Å². The van der Waals surface area contributed by atoms with Crippen LogP contribution in [0.25, 0.3) is 0 Å². The number of phenolic OH excluding ortho intramolecular Hbond substituents is 1. The van der Waals surface area contributed by atoms with E-state index in [4.69, 9.17) is 0 Å². The second-order valence-corrected chi connectivity index (χ2v) is 4.34. The third-order valence-corrected chi connectivity index (χ3v) is 2.80. The average molecular weight is 274 g/mol. The minimum Gasteiger partial charge on any atom is -0.507 e. The molecule has 1 amide bonds. The molecule has 0 unspecified atom stereocenters. The molecular weight excluding hydrogens is 259 g/mol. The quantitative estimate of drug-likeness (QED) is 0.802. The monoisotopic (exact) mass is 274 g/mol. The number of aromatic hydroxyl groups is 1. The van der Waals surface area contributed by atoms with Crippen LogP contribution in [-0.2, 0) is 6.54 Å². The van der Waals surface area contributed by atoms with Crippen LogP contribution in [0.5, 0.6) is 5.75 Å². The maximum Gasteiger partial charge on any atom is 0.259 e. The number of anilines is 1. The zero-order valence-electron chi connectivity index (χ0n) is 11.0. The minimum absolute atomic E-state index is 0.0932. The number of hydrogen-bond donors (Lipinski definition) is 3. The smallest absolute Gasteiger partial charge is 0.259 e. The van der Waals surface area contributed by atoms with Crippen LogP contribution in [0.4, 0.5) is 10.1 Å². The van der Waals surface area contributed by atoms with Crippen LogP contribution in [0.2, 0.25) is 0 Å². The molecule has 2 aromatic carbocycles. The topological polar surface area (TPSA) is 61.4 Å². The lowest BCUT2D eigenvalue weighted by Crippen LogP contribution is -2.12. The van der Waals surface area contributed by atoms with E-state index in [1.54, 1.807) is 12.1 Å². The van der Waals surface area contributed by atoms with Gasteiger partial charge in [0.25, 0.3) is 5.91 Å². The molecule has 4 nitrogen and oxygen atoms in total. The first kappa shape index (κ1) is 14.0. The molecule has 0 aliphatic carbocycles. The maximum absolute atomic E-state index is 13.1. The first-order valence-corrected chi connectivity index (χ1v) is 6.13. The summed E-state index contributed by atoms with van der Waals surface area (Å²) >= 11 is 0. The molecule has 0 aliphatic heterocycles. The molecule has 0 fully saturated rings. The van der Waals surface area contributed by atoms with Crippen molar-refractivity contribution in [3.63, 3.8) is 0 Å². The van der Waals surface area contributed by atoms with E-state index >= 15 is 0 Å². The van der Waals surface area contributed by atoms with Gasteiger partial charge in [-0.2, -0.15) is 0 Å². The first-order chi connectivity index (χ1) is 9.60. The van der Waals surface area contributed by atoms with Crippen LogP contribution in [0.15, 0.2) is 42.5 Å². The van der Waals surface area contributed by atoms with Crippen molar-refractivity contribution in [2.24, 2.45) is 0 Å². The number of hydrogen-bond acceptors (Lipinski definition) is 3. The Hall–Kier alpha value is -2.40. The highest BCUT2D eigenvalue weighted by molar-refractivity contribution is 6.06. The Labute approximate surface area is 116 Å². The standard InChI is InChI=1S/C15H15FN2O2/c1-17-9-10-2-5-12(6-3-10)18-15(20)13-8-11(16)4-7-14(13)19/h2-8,17,19H,9H2,1H3,(H,18,20). The van der Waals surface area contributed by atoms with Gasteiger partial charge in [0.1, 0.15) is 11.6 Å². The van der Waals surface area contributed by atoms with E-state index in [1.807, 2.05) is 19.2 Å². The molecule has 2 aromatic rings.